The van der Waals surface area contributed by atoms with Gasteiger partial charge in [-0.25, -0.2) is 4.39 Å². The van der Waals surface area contributed by atoms with Gasteiger partial charge in [-0.3, -0.25) is 0 Å². The molecule has 118 valence electrons. The minimum Gasteiger partial charge on any atom is -0.490 e. The summed E-state index contributed by atoms with van der Waals surface area (Å²) >= 11 is 0. The molecule has 3 nitrogen and oxygen atoms in total. The van der Waals surface area contributed by atoms with E-state index in [2.05, 4.69) is 26.1 Å². The van der Waals surface area contributed by atoms with Crippen LogP contribution in [-0.2, 0) is 6.54 Å². The predicted molar refractivity (Wildman–Crippen MR) is 81.9 cm³/mol. The van der Waals surface area contributed by atoms with Crippen molar-refractivity contribution in [1.82, 2.24) is 5.32 Å². The molecule has 0 spiro atoms. The van der Waals surface area contributed by atoms with Crippen LogP contribution < -0.4 is 10.1 Å². The van der Waals surface area contributed by atoms with E-state index in [0.717, 1.165) is 31.2 Å². The van der Waals surface area contributed by atoms with Gasteiger partial charge in [0.1, 0.15) is 18.2 Å². The maximum Gasteiger partial charge on any atom is 0.124 e. The number of ether oxygens (including phenoxy) is 1. The maximum absolute atomic E-state index is 13.5. The van der Waals surface area contributed by atoms with Crippen LogP contribution in [0, 0.1) is 5.82 Å². The van der Waals surface area contributed by atoms with Crippen LogP contribution in [-0.4, -0.2) is 22.9 Å². The quantitative estimate of drug-likeness (QED) is 0.875. The first-order valence-corrected chi connectivity index (χ1v) is 7.66. The Morgan fingerprint density at radius 1 is 1.29 bits per heavy atom. The summed E-state index contributed by atoms with van der Waals surface area (Å²) in [5, 5.41) is 13.7. The molecule has 0 amide bonds. The fourth-order valence-corrected chi connectivity index (χ4v) is 2.58. The predicted octanol–water partition coefficient (Wildman–Crippen LogP) is 3.40. The molecule has 4 heteroatoms. The molecule has 21 heavy (non-hydrogen) atoms. The monoisotopic (exact) mass is 295 g/mol. The topological polar surface area (TPSA) is 41.5 Å². The summed E-state index contributed by atoms with van der Waals surface area (Å²) in [6.07, 6.45) is 3.65. The van der Waals surface area contributed by atoms with Crippen LogP contribution in [0.3, 0.4) is 0 Å². The van der Waals surface area contributed by atoms with Crippen LogP contribution in [0.4, 0.5) is 4.39 Å². The maximum atomic E-state index is 13.5. The molecule has 0 unspecified atom stereocenters. The van der Waals surface area contributed by atoms with E-state index in [1.165, 1.54) is 12.1 Å². The van der Waals surface area contributed by atoms with Gasteiger partial charge in [0.15, 0.2) is 0 Å². The van der Waals surface area contributed by atoms with Gasteiger partial charge in [-0.05, 0) is 51.8 Å². The van der Waals surface area contributed by atoms with Crippen LogP contribution in [0.2, 0.25) is 0 Å². The molecule has 0 heterocycles. The Morgan fingerprint density at radius 2 is 1.95 bits per heavy atom. The second-order valence-corrected chi connectivity index (χ2v) is 7.08. The Kier molecular flexibility index (Phi) is 4.89. The fraction of sp³-hybridized carbons (Fsp3) is 0.647. The highest BCUT2D eigenvalue weighted by Gasteiger charge is 2.32. The van der Waals surface area contributed by atoms with Crippen molar-refractivity contribution in [1.29, 1.82) is 0 Å². The number of halogens is 1. The zero-order chi connectivity index (χ0) is 15.5. The summed E-state index contributed by atoms with van der Waals surface area (Å²) in [5.41, 5.74) is 0.0163. The van der Waals surface area contributed by atoms with E-state index in [1.54, 1.807) is 6.07 Å². The first-order valence-electron chi connectivity index (χ1n) is 7.66. The summed E-state index contributed by atoms with van der Waals surface area (Å²) in [5.74, 6) is 0.376. The van der Waals surface area contributed by atoms with E-state index in [-0.39, 0.29) is 18.0 Å². The van der Waals surface area contributed by atoms with Gasteiger partial charge in [-0.15, -0.1) is 0 Å². The van der Waals surface area contributed by atoms with Gasteiger partial charge in [0, 0.05) is 17.6 Å². The van der Waals surface area contributed by atoms with Gasteiger partial charge in [-0.2, -0.15) is 0 Å². The fourth-order valence-electron chi connectivity index (χ4n) is 2.58. The van der Waals surface area contributed by atoms with Crippen molar-refractivity contribution in [3.63, 3.8) is 0 Å². The van der Waals surface area contributed by atoms with Gasteiger partial charge in [-0.1, -0.05) is 12.8 Å². The summed E-state index contributed by atoms with van der Waals surface area (Å²) in [6.45, 7) is 7.01. The third-order valence-electron chi connectivity index (χ3n) is 3.86. The summed E-state index contributed by atoms with van der Waals surface area (Å²) < 4.78 is 19.2. The molecular weight excluding hydrogens is 269 g/mol. The number of rotatable bonds is 5. The highest BCUT2D eigenvalue weighted by atomic mass is 19.1. The molecule has 1 aromatic rings. The smallest absolute Gasteiger partial charge is 0.124 e. The average molecular weight is 295 g/mol. The van der Waals surface area contributed by atoms with Crippen LogP contribution in [0.25, 0.3) is 0 Å². The van der Waals surface area contributed by atoms with Crippen LogP contribution >= 0.6 is 0 Å². The molecule has 0 aromatic heterocycles. The molecule has 1 aliphatic rings. The second kappa shape index (κ2) is 6.32. The minimum absolute atomic E-state index is 0.0484. The van der Waals surface area contributed by atoms with Crippen molar-refractivity contribution in [2.75, 3.05) is 6.61 Å². The number of nitrogens with one attached hydrogen (secondary N) is 1. The van der Waals surface area contributed by atoms with Gasteiger partial charge >= 0.3 is 0 Å². The third-order valence-corrected chi connectivity index (χ3v) is 3.86. The second-order valence-electron chi connectivity index (χ2n) is 7.08. The van der Waals surface area contributed by atoms with E-state index in [4.69, 9.17) is 4.74 Å². The van der Waals surface area contributed by atoms with Crippen molar-refractivity contribution in [2.45, 2.75) is 64.1 Å². The molecule has 0 bridgehead atoms. The van der Waals surface area contributed by atoms with Gasteiger partial charge in [0.2, 0.25) is 0 Å². The number of hydrogen-bond donors (Lipinski definition) is 2. The van der Waals surface area contributed by atoms with Crippen molar-refractivity contribution >= 4 is 0 Å². The van der Waals surface area contributed by atoms with E-state index in [9.17, 15) is 9.50 Å². The molecular formula is C17H26FNO2. The Balaban J connectivity index is 2.04. The minimum atomic E-state index is -0.719. The molecule has 2 N–H and O–H groups in total. The van der Waals surface area contributed by atoms with Crippen LogP contribution in [0.15, 0.2) is 18.2 Å². The third kappa shape index (κ3) is 4.97. The molecule has 2 rings (SSSR count). The van der Waals surface area contributed by atoms with Gasteiger partial charge < -0.3 is 15.2 Å². The average Bonchev–Trinajstić information content (AvgIpc) is 2.82. The standard InChI is InChI=1S/C17H26FNO2/c1-16(2,3)19-11-13-10-14(18)6-7-15(13)21-12-17(20)8-4-5-9-17/h6-7,10,19-20H,4-5,8-9,11-12H2,1-3H3. The highest BCUT2D eigenvalue weighted by molar-refractivity contribution is 5.34. The molecule has 1 fully saturated rings. The lowest BCUT2D eigenvalue weighted by Crippen LogP contribution is -2.35. The number of benzene rings is 1. The molecule has 1 aliphatic carbocycles. The molecule has 0 radical (unpaired) electrons. The normalized spacial score (nSPS) is 18.0. The van der Waals surface area contributed by atoms with Crippen LogP contribution in [0.1, 0.15) is 52.0 Å². The number of hydrogen-bond acceptors (Lipinski definition) is 3. The summed E-state index contributed by atoms with van der Waals surface area (Å²) in [6, 6.07) is 4.54. The largest absolute Gasteiger partial charge is 0.490 e. The Labute approximate surface area is 126 Å². The Hall–Kier alpha value is -1.13. The molecule has 1 aromatic carbocycles. The van der Waals surface area contributed by atoms with Gasteiger partial charge in [0.25, 0.3) is 0 Å². The SMILES string of the molecule is CC(C)(C)NCc1cc(F)ccc1OCC1(O)CCCC1. The number of aliphatic hydroxyl groups is 1. The zero-order valence-corrected chi connectivity index (χ0v) is 13.2. The lowest BCUT2D eigenvalue weighted by Gasteiger charge is -2.25. The van der Waals surface area contributed by atoms with Crippen LogP contribution in [0.5, 0.6) is 5.75 Å². The summed E-state index contributed by atoms with van der Waals surface area (Å²) in [7, 11) is 0. The van der Waals surface area contributed by atoms with Crippen molar-refractivity contribution < 1.29 is 14.2 Å². The van der Waals surface area contributed by atoms with E-state index in [0.29, 0.717) is 12.3 Å². The Bertz CT molecular complexity index is 476. The zero-order valence-electron chi connectivity index (χ0n) is 13.2. The molecule has 0 atom stereocenters. The van der Waals surface area contributed by atoms with Crippen molar-refractivity contribution in [3.8, 4) is 5.75 Å². The Morgan fingerprint density at radius 3 is 2.57 bits per heavy atom. The summed E-state index contributed by atoms with van der Waals surface area (Å²) in [4.78, 5) is 0. The van der Waals surface area contributed by atoms with E-state index < -0.39 is 5.60 Å². The lowest BCUT2D eigenvalue weighted by atomic mass is 10.0. The lowest BCUT2D eigenvalue weighted by molar-refractivity contribution is 0.00107. The molecule has 1 saturated carbocycles. The molecule has 0 aliphatic heterocycles. The van der Waals surface area contributed by atoms with E-state index >= 15 is 0 Å². The first kappa shape index (κ1) is 16.2. The van der Waals surface area contributed by atoms with Crippen molar-refractivity contribution in [3.05, 3.63) is 29.6 Å². The highest BCUT2D eigenvalue weighted by Crippen LogP contribution is 2.31. The van der Waals surface area contributed by atoms with Crippen molar-refractivity contribution in [2.24, 2.45) is 0 Å². The van der Waals surface area contributed by atoms with Gasteiger partial charge in [0.05, 0.1) is 5.60 Å². The molecule has 0 saturated heterocycles. The first-order chi connectivity index (χ1) is 9.77. The van der Waals surface area contributed by atoms with E-state index in [1.807, 2.05) is 0 Å².